The van der Waals surface area contributed by atoms with E-state index in [2.05, 4.69) is 27.5 Å². The van der Waals surface area contributed by atoms with Crippen molar-refractivity contribution in [3.05, 3.63) is 23.8 Å². The van der Waals surface area contributed by atoms with Crippen LogP contribution in [0.25, 0.3) is 0 Å². The predicted molar refractivity (Wildman–Crippen MR) is 104 cm³/mol. The summed E-state index contributed by atoms with van der Waals surface area (Å²) in [5.41, 5.74) is 1.95. The van der Waals surface area contributed by atoms with Crippen molar-refractivity contribution < 1.29 is 4.84 Å². The van der Waals surface area contributed by atoms with Crippen molar-refractivity contribution in [2.24, 2.45) is 5.16 Å². The number of tetrazole rings is 1. The van der Waals surface area contributed by atoms with Crippen LogP contribution in [-0.4, -0.2) is 41.3 Å². The molecule has 0 amide bonds. The lowest BCUT2D eigenvalue weighted by Gasteiger charge is -2.33. The normalized spacial score (nSPS) is 28.5. The van der Waals surface area contributed by atoms with Crippen LogP contribution in [0.5, 0.6) is 0 Å². The number of nitrogens with zero attached hydrogens (tertiary/aromatic N) is 7. The van der Waals surface area contributed by atoms with Gasteiger partial charge in [0.15, 0.2) is 5.82 Å². The molecule has 1 spiro atoms. The molecule has 0 aromatic carbocycles. The Morgan fingerprint density at radius 1 is 1.14 bits per heavy atom. The van der Waals surface area contributed by atoms with Crippen molar-refractivity contribution in [2.75, 3.05) is 0 Å². The summed E-state index contributed by atoms with van der Waals surface area (Å²) in [5.74, 6) is 1.31. The zero-order valence-corrected chi connectivity index (χ0v) is 16.6. The maximum Gasteiger partial charge on any atom is 0.177 e. The summed E-state index contributed by atoms with van der Waals surface area (Å²) in [6, 6.07) is 2.48. The number of aryl methyl sites for hydroxylation is 1. The molecule has 0 unspecified atom stereocenters. The first-order valence-corrected chi connectivity index (χ1v) is 10.8. The second-order valence-corrected chi connectivity index (χ2v) is 8.56. The first-order chi connectivity index (χ1) is 13.8. The monoisotopic (exact) mass is 383 g/mol. The van der Waals surface area contributed by atoms with E-state index in [9.17, 15) is 0 Å². The quantitative estimate of drug-likeness (QED) is 0.805. The molecule has 1 aliphatic heterocycles. The Kier molecular flexibility index (Phi) is 4.64. The molecule has 3 heterocycles. The van der Waals surface area contributed by atoms with Gasteiger partial charge in [0.1, 0.15) is 11.3 Å². The zero-order valence-electron chi connectivity index (χ0n) is 16.6. The highest BCUT2D eigenvalue weighted by Gasteiger charge is 2.44. The molecule has 2 saturated carbocycles. The molecular formula is C20H29N7O. The van der Waals surface area contributed by atoms with Crippen molar-refractivity contribution in [3.63, 3.8) is 0 Å². The minimum absolute atomic E-state index is 0.159. The lowest BCUT2D eigenvalue weighted by atomic mass is 9.76. The summed E-state index contributed by atoms with van der Waals surface area (Å²) < 4.78 is 1.99. The zero-order chi connectivity index (χ0) is 19.0. The fraction of sp³-hybridized carbons (Fsp3) is 0.750. The number of hydrogen-bond acceptors (Lipinski definition) is 6. The Hall–Kier alpha value is -2.25. The highest BCUT2D eigenvalue weighted by atomic mass is 16.7. The average Bonchev–Trinajstić information content (AvgIpc) is 3.49. The van der Waals surface area contributed by atoms with Gasteiger partial charge >= 0.3 is 0 Å². The molecule has 28 heavy (non-hydrogen) atoms. The van der Waals surface area contributed by atoms with Gasteiger partial charge in [-0.15, -0.1) is 10.2 Å². The smallest absolute Gasteiger partial charge is 0.177 e. The molecule has 150 valence electrons. The van der Waals surface area contributed by atoms with Crippen LogP contribution >= 0.6 is 0 Å². The van der Waals surface area contributed by atoms with E-state index in [-0.39, 0.29) is 5.60 Å². The molecule has 0 bridgehead atoms. The van der Waals surface area contributed by atoms with Gasteiger partial charge in [-0.25, -0.2) is 0 Å². The first kappa shape index (κ1) is 17.8. The van der Waals surface area contributed by atoms with Gasteiger partial charge in [0, 0.05) is 25.1 Å². The standard InChI is InChI=1S/C20H29N7O/c1-2-26-18(10-13-21-26)17-14-20(28-24-17)11-8-15(9-12-20)19-22-25-27(23-19)16-6-4-3-5-7-16/h10,13,15-16H,2-9,11-12,14H2,1H3. The van der Waals surface area contributed by atoms with Crippen LogP contribution in [-0.2, 0) is 11.4 Å². The minimum Gasteiger partial charge on any atom is -0.389 e. The average molecular weight is 384 g/mol. The fourth-order valence-electron chi connectivity index (χ4n) is 5.03. The van der Waals surface area contributed by atoms with E-state index < -0.39 is 0 Å². The molecule has 8 nitrogen and oxygen atoms in total. The van der Waals surface area contributed by atoms with Gasteiger partial charge in [-0.1, -0.05) is 24.4 Å². The second-order valence-electron chi connectivity index (χ2n) is 8.56. The molecule has 0 atom stereocenters. The molecule has 2 fully saturated rings. The third-order valence-electron chi connectivity index (χ3n) is 6.76. The van der Waals surface area contributed by atoms with E-state index in [0.29, 0.717) is 12.0 Å². The number of oxime groups is 1. The van der Waals surface area contributed by atoms with Crippen molar-refractivity contribution in [3.8, 4) is 0 Å². The van der Waals surface area contributed by atoms with E-state index in [1.54, 1.807) is 0 Å². The Morgan fingerprint density at radius 3 is 2.75 bits per heavy atom. The van der Waals surface area contributed by atoms with Crippen molar-refractivity contribution in [1.29, 1.82) is 0 Å². The SMILES string of the molecule is CCn1nccc1C1=NOC2(CCC(c3nnn(C4CCCCC4)n3)CC2)C1. The summed E-state index contributed by atoms with van der Waals surface area (Å²) in [6.07, 6.45) is 13.0. The summed E-state index contributed by atoms with van der Waals surface area (Å²) in [6.45, 7) is 2.94. The molecule has 3 aliphatic rings. The number of aromatic nitrogens is 6. The molecule has 5 rings (SSSR count). The highest BCUT2D eigenvalue weighted by Crippen LogP contribution is 2.44. The van der Waals surface area contributed by atoms with Crippen LogP contribution in [0.3, 0.4) is 0 Å². The van der Waals surface area contributed by atoms with Crippen molar-refractivity contribution in [2.45, 2.75) is 95.2 Å². The van der Waals surface area contributed by atoms with E-state index >= 15 is 0 Å². The molecule has 2 aliphatic carbocycles. The Balaban J connectivity index is 1.21. The maximum atomic E-state index is 5.99. The van der Waals surface area contributed by atoms with Crippen LogP contribution in [0.1, 0.15) is 94.6 Å². The third-order valence-corrected chi connectivity index (χ3v) is 6.76. The molecule has 0 saturated heterocycles. The van der Waals surface area contributed by atoms with Gasteiger partial charge in [-0.2, -0.15) is 9.90 Å². The maximum absolute atomic E-state index is 5.99. The number of rotatable bonds is 4. The van der Waals surface area contributed by atoms with Crippen molar-refractivity contribution >= 4 is 5.71 Å². The molecular weight excluding hydrogens is 354 g/mol. The number of hydrogen-bond donors (Lipinski definition) is 0. The third kappa shape index (κ3) is 3.22. The summed E-state index contributed by atoms with van der Waals surface area (Å²) in [4.78, 5) is 7.87. The lowest BCUT2D eigenvalue weighted by molar-refractivity contribution is -0.0488. The summed E-state index contributed by atoms with van der Waals surface area (Å²) >= 11 is 0. The Morgan fingerprint density at radius 2 is 1.96 bits per heavy atom. The molecule has 8 heteroatoms. The van der Waals surface area contributed by atoms with Gasteiger partial charge in [0.05, 0.1) is 11.7 Å². The van der Waals surface area contributed by atoms with Crippen LogP contribution < -0.4 is 0 Å². The van der Waals surface area contributed by atoms with E-state index in [1.165, 1.54) is 32.1 Å². The van der Waals surface area contributed by atoms with Crippen LogP contribution in [0.2, 0.25) is 0 Å². The van der Waals surface area contributed by atoms with E-state index in [4.69, 9.17) is 9.94 Å². The summed E-state index contributed by atoms with van der Waals surface area (Å²) in [7, 11) is 0. The highest BCUT2D eigenvalue weighted by molar-refractivity contribution is 6.00. The molecule has 0 radical (unpaired) electrons. The topological polar surface area (TPSA) is 83.0 Å². The van der Waals surface area contributed by atoms with Crippen molar-refractivity contribution in [1.82, 2.24) is 30.0 Å². The largest absolute Gasteiger partial charge is 0.389 e. The fourth-order valence-corrected chi connectivity index (χ4v) is 5.03. The van der Waals surface area contributed by atoms with Crippen LogP contribution in [0, 0.1) is 0 Å². The lowest BCUT2D eigenvalue weighted by Crippen LogP contribution is -2.34. The van der Waals surface area contributed by atoms with Gasteiger partial charge in [0.25, 0.3) is 0 Å². The Labute approximate surface area is 165 Å². The van der Waals surface area contributed by atoms with Gasteiger partial charge in [0.2, 0.25) is 0 Å². The van der Waals surface area contributed by atoms with Gasteiger partial charge < -0.3 is 4.84 Å². The summed E-state index contributed by atoms with van der Waals surface area (Å²) in [5, 5.41) is 22.3. The van der Waals surface area contributed by atoms with Crippen LogP contribution in [0.4, 0.5) is 0 Å². The molecule has 2 aromatic rings. The van der Waals surface area contributed by atoms with Gasteiger partial charge in [-0.05, 0) is 56.7 Å². The molecule has 0 N–H and O–H groups in total. The van der Waals surface area contributed by atoms with E-state index in [1.807, 2.05) is 21.7 Å². The van der Waals surface area contributed by atoms with Gasteiger partial charge in [-0.3, -0.25) is 4.68 Å². The predicted octanol–water partition coefficient (Wildman–Crippen LogP) is 3.62. The minimum atomic E-state index is -0.159. The Bertz CT molecular complexity index is 840. The second kappa shape index (κ2) is 7.29. The first-order valence-electron chi connectivity index (χ1n) is 10.8. The van der Waals surface area contributed by atoms with Crippen LogP contribution in [0.15, 0.2) is 17.4 Å². The van der Waals surface area contributed by atoms with E-state index in [0.717, 1.165) is 55.9 Å². The molecule has 2 aromatic heterocycles.